The summed E-state index contributed by atoms with van der Waals surface area (Å²) in [5.74, 6) is 2.38. The first-order valence-corrected chi connectivity index (χ1v) is 5.32. The van der Waals surface area contributed by atoms with Crippen LogP contribution >= 0.6 is 0 Å². The van der Waals surface area contributed by atoms with Crippen LogP contribution in [0.25, 0.3) is 0 Å². The van der Waals surface area contributed by atoms with Crippen LogP contribution in [0.5, 0.6) is 11.5 Å². The average molecular weight is 207 g/mol. The van der Waals surface area contributed by atoms with Crippen molar-refractivity contribution in [2.45, 2.75) is 18.9 Å². The summed E-state index contributed by atoms with van der Waals surface area (Å²) in [7, 11) is 1.65. The lowest BCUT2D eigenvalue weighted by Gasteiger charge is -2.12. The second kappa shape index (κ2) is 4.53. The molecule has 2 N–H and O–H groups in total. The minimum atomic E-state index is 0.187. The maximum absolute atomic E-state index is 5.93. The van der Waals surface area contributed by atoms with E-state index in [-0.39, 0.29) is 6.04 Å². The van der Waals surface area contributed by atoms with E-state index in [0.29, 0.717) is 12.5 Å². The first-order valence-electron chi connectivity index (χ1n) is 5.32. The summed E-state index contributed by atoms with van der Waals surface area (Å²) in [5.41, 5.74) is 5.93. The third-order valence-electron chi connectivity index (χ3n) is 2.73. The van der Waals surface area contributed by atoms with E-state index in [9.17, 15) is 0 Å². The van der Waals surface area contributed by atoms with E-state index >= 15 is 0 Å². The minimum Gasteiger partial charge on any atom is -0.497 e. The summed E-state index contributed by atoms with van der Waals surface area (Å²) < 4.78 is 10.7. The molecule has 0 amide bonds. The molecule has 0 spiro atoms. The molecule has 1 aromatic rings. The molecule has 82 valence electrons. The van der Waals surface area contributed by atoms with Gasteiger partial charge < -0.3 is 15.2 Å². The lowest BCUT2D eigenvalue weighted by atomic mass is 10.2. The maximum atomic E-state index is 5.93. The Labute approximate surface area is 90.2 Å². The van der Waals surface area contributed by atoms with Crippen molar-refractivity contribution in [3.63, 3.8) is 0 Å². The highest BCUT2D eigenvalue weighted by Gasteiger charge is 2.28. The molecule has 1 unspecified atom stereocenters. The molecule has 3 heteroatoms. The molecule has 15 heavy (non-hydrogen) atoms. The summed E-state index contributed by atoms with van der Waals surface area (Å²) in [6.07, 6.45) is 2.51. The lowest BCUT2D eigenvalue weighted by Crippen LogP contribution is -2.29. The van der Waals surface area contributed by atoms with Gasteiger partial charge in [0.15, 0.2) is 0 Å². The van der Waals surface area contributed by atoms with Crippen LogP contribution in [0.1, 0.15) is 12.8 Å². The third-order valence-corrected chi connectivity index (χ3v) is 2.73. The first-order chi connectivity index (χ1) is 7.29. The Balaban J connectivity index is 1.81. The van der Waals surface area contributed by atoms with Crippen LogP contribution in [-0.4, -0.2) is 19.8 Å². The van der Waals surface area contributed by atoms with Crippen molar-refractivity contribution in [2.24, 2.45) is 11.7 Å². The van der Waals surface area contributed by atoms with Crippen LogP contribution in [0.15, 0.2) is 24.3 Å². The molecule has 0 saturated heterocycles. The van der Waals surface area contributed by atoms with Crippen LogP contribution < -0.4 is 15.2 Å². The zero-order valence-corrected chi connectivity index (χ0v) is 8.98. The smallest absolute Gasteiger partial charge is 0.119 e. The van der Waals surface area contributed by atoms with E-state index in [1.807, 2.05) is 24.3 Å². The highest BCUT2D eigenvalue weighted by molar-refractivity contribution is 5.31. The monoisotopic (exact) mass is 207 g/mol. The Hall–Kier alpha value is -1.22. The molecule has 1 fully saturated rings. The van der Waals surface area contributed by atoms with Crippen LogP contribution in [0.3, 0.4) is 0 Å². The molecule has 0 heterocycles. The fourth-order valence-electron chi connectivity index (χ4n) is 1.52. The molecule has 2 rings (SSSR count). The number of rotatable bonds is 5. The number of hydrogen-bond acceptors (Lipinski definition) is 3. The van der Waals surface area contributed by atoms with Crippen molar-refractivity contribution in [3.8, 4) is 11.5 Å². The van der Waals surface area contributed by atoms with Gasteiger partial charge in [-0.1, -0.05) is 0 Å². The Morgan fingerprint density at radius 1 is 1.27 bits per heavy atom. The van der Waals surface area contributed by atoms with Crippen molar-refractivity contribution >= 4 is 0 Å². The van der Waals surface area contributed by atoms with Gasteiger partial charge in [0.1, 0.15) is 18.1 Å². The second-order valence-electron chi connectivity index (χ2n) is 3.99. The van der Waals surface area contributed by atoms with Crippen LogP contribution in [0.2, 0.25) is 0 Å². The van der Waals surface area contributed by atoms with Crippen molar-refractivity contribution < 1.29 is 9.47 Å². The van der Waals surface area contributed by atoms with Crippen molar-refractivity contribution in [1.82, 2.24) is 0 Å². The molecule has 0 bridgehead atoms. The summed E-state index contributed by atoms with van der Waals surface area (Å²) in [4.78, 5) is 0. The Bertz CT molecular complexity index is 306. The molecule has 3 nitrogen and oxygen atoms in total. The molecule has 1 aromatic carbocycles. The molecule has 1 aliphatic carbocycles. The van der Waals surface area contributed by atoms with Gasteiger partial charge in [-0.25, -0.2) is 0 Å². The van der Waals surface area contributed by atoms with Gasteiger partial charge in [-0.15, -0.1) is 0 Å². The van der Waals surface area contributed by atoms with Crippen LogP contribution in [0, 0.1) is 5.92 Å². The standard InChI is InChI=1S/C12H17NO2/c1-14-10-4-6-11(7-5-10)15-8-12(13)9-2-3-9/h4-7,9,12H,2-3,8,13H2,1H3. The average Bonchev–Trinajstić information content (AvgIpc) is 3.10. The van der Waals surface area contributed by atoms with Crippen molar-refractivity contribution in [2.75, 3.05) is 13.7 Å². The molecule has 0 aromatic heterocycles. The van der Waals surface area contributed by atoms with E-state index in [2.05, 4.69) is 0 Å². The predicted octanol–water partition coefficient (Wildman–Crippen LogP) is 1.81. The van der Waals surface area contributed by atoms with Crippen molar-refractivity contribution in [1.29, 1.82) is 0 Å². The number of nitrogens with two attached hydrogens (primary N) is 1. The predicted molar refractivity (Wildman–Crippen MR) is 59.2 cm³/mol. The highest BCUT2D eigenvalue weighted by atomic mass is 16.5. The van der Waals surface area contributed by atoms with E-state index in [0.717, 1.165) is 11.5 Å². The second-order valence-corrected chi connectivity index (χ2v) is 3.99. The number of ether oxygens (including phenoxy) is 2. The quantitative estimate of drug-likeness (QED) is 0.800. The topological polar surface area (TPSA) is 44.5 Å². The molecular weight excluding hydrogens is 190 g/mol. The Kier molecular flexibility index (Phi) is 3.11. The van der Waals surface area contributed by atoms with E-state index in [4.69, 9.17) is 15.2 Å². The maximum Gasteiger partial charge on any atom is 0.119 e. The van der Waals surface area contributed by atoms with Gasteiger partial charge in [0.05, 0.1) is 7.11 Å². The van der Waals surface area contributed by atoms with Gasteiger partial charge in [0.2, 0.25) is 0 Å². The van der Waals surface area contributed by atoms with Crippen LogP contribution in [0.4, 0.5) is 0 Å². The van der Waals surface area contributed by atoms with E-state index in [1.165, 1.54) is 12.8 Å². The van der Waals surface area contributed by atoms with Gasteiger partial charge in [0, 0.05) is 6.04 Å². The largest absolute Gasteiger partial charge is 0.497 e. The normalized spacial score (nSPS) is 17.2. The van der Waals surface area contributed by atoms with Crippen LogP contribution in [-0.2, 0) is 0 Å². The fraction of sp³-hybridized carbons (Fsp3) is 0.500. The molecular formula is C12H17NO2. The Morgan fingerprint density at radius 2 is 1.87 bits per heavy atom. The van der Waals surface area contributed by atoms with E-state index in [1.54, 1.807) is 7.11 Å². The van der Waals surface area contributed by atoms with Gasteiger partial charge >= 0.3 is 0 Å². The number of hydrogen-bond donors (Lipinski definition) is 1. The van der Waals surface area contributed by atoms with Gasteiger partial charge in [-0.3, -0.25) is 0 Å². The summed E-state index contributed by atoms with van der Waals surface area (Å²) in [6, 6.07) is 7.76. The summed E-state index contributed by atoms with van der Waals surface area (Å²) in [5, 5.41) is 0. The first kappa shape index (κ1) is 10.3. The lowest BCUT2D eigenvalue weighted by molar-refractivity contribution is 0.275. The van der Waals surface area contributed by atoms with Gasteiger partial charge in [-0.2, -0.15) is 0 Å². The molecule has 0 radical (unpaired) electrons. The zero-order chi connectivity index (χ0) is 10.7. The van der Waals surface area contributed by atoms with Crippen molar-refractivity contribution in [3.05, 3.63) is 24.3 Å². The minimum absolute atomic E-state index is 0.187. The SMILES string of the molecule is COc1ccc(OCC(N)C2CC2)cc1. The summed E-state index contributed by atoms with van der Waals surface area (Å²) in [6.45, 7) is 0.608. The summed E-state index contributed by atoms with van der Waals surface area (Å²) >= 11 is 0. The fourth-order valence-corrected chi connectivity index (χ4v) is 1.52. The third kappa shape index (κ3) is 2.86. The molecule has 0 aliphatic heterocycles. The molecule has 1 atom stereocenters. The molecule has 1 saturated carbocycles. The van der Waals surface area contributed by atoms with E-state index < -0.39 is 0 Å². The highest BCUT2D eigenvalue weighted by Crippen LogP contribution is 2.31. The van der Waals surface area contributed by atoms with Gasteiger partial charge in [0.25, 0.3) is 0 Å². The Morgan fingerprint density at radius 3 is 2.40 bits per heavy atom. The number of methoxy groups -OCH3 is 1. The zero-order valence-electron chi connectivity index (χ0n) is 8.98. The molecule has 1 aliphatic rings. The van der Waals surface area contributed by atoms with Gasteiger partial charge in [-0.05, 0) is 43.0 Å². The number of benzene rings is 1.